The number of carbonyl (C=O) groups is 1. The Kier molecular flexibility index (Phi) is 10.5. The molecule has 0 aliphatic heterocycles. The Morgan fingerprint density at radius 2 is 1.46 bits per heavy atom. The first-order valence-corrected chi connectivity index (χ1v) is 11.1. The molecule has 0 radical (unpaired) electrons. The van der Waals surface area contributed by atoms with Crippen LogP contribution in [0.5, 0.6) is 0 Å². The summed E-state index contributed by atoms with van der Waals surface area (Å²) in [5.41, 5.74) is 1.13. The van der Waals surface area contributed by atoms with Crippen molar-refractivity contribution >= 4 is 16.1 Å². The van der Waals surface area contributed by atoms with Gasteiger partial charge in [0.05, 0.1) is 4.90 Å². The molecule has 6 heteroatoms. The Hall–Kier alpha value is -1.40. The number of hydrogen-bond acceptors (Lipinski definition) is 3. The van der Waals surface area contributed by atoms with E-state index < -0.39 is 16.1 Å². The highest BCUT2D eigenvalue weighted by molar-refractivity contribution is 7.85. The van der Waals surface area contributed by atoms with E-state index in [0.717, 1.165) is 56.9 Å². The third-order valence-electron chi connectivity index (χ3n) is 4.73. The molecule has 0 saturated heterocycles. The number of aliphatic carboxylic acids is 1. The maximum absolute atomic E-state index is 11.1. The summed E-state index contributed by atoms with van der Waals surface area (Å²) in [6, 6.07) is 6.58. The minimum Gasteiger partial charge on any atom is -0.481 e. The highest BCUT2D eigenvalue weighted by Gasteiger charge is 2.13. The van der Waals surface area contributed by atoms with Gasteiger partial charge in [-0.15, -0.1) is 0 Å². The lowest BCUT2D eigenvalue weighted by molar-refractivity contribution is -0.137. The minimum atomic E-state index is -4.13. The van der Waals surface area contributed by atoms with Gasteiger partial charge in [0.25, 0.3) is 10.1 Å². The van der Waals surface area contributed by atoms with Crippen LogP contribution in [0.1, 0.15) is 89.0 Å². The monoisotopic (exact) mass is 384 g/mol. The van der Waals surface area contributed by atoms with E-state index in [4.69, 9.17) is 9.66 Å². The summed E-state index contributed by atoms with van der Waals surface area (Å²) in [7, 11) is -4.13. The zero-order chi connectivity index (χ0) is 19.4. The molecular weight excluding hydrogens is 352 g/mol. The molecule has 0 aromatic heterocycles. The molecule has 0 spiro atoms. The van der Waals surface area contributed by atoms with E-state index >= 15 is 0 Å². The van der Waals surface area contributed by atoms with E-state index in [-0.39, 0.29) is 11.3 Å². The van der Waals surface area contributed by atoms with Gasteiger partial charge in [0.2, 0.25) is 0 Å². The summed E-state index contributed by atoms with van der Waals surface area (Å²) in [6.07, 6.45) is 11.0. The first kappa shape index (κ1) is 22.6. The second-order valence-corrected chi connectivity index (χ2v) is 8.36. The Balaban J connectivity index is 2.32. The number of rotatable bonds is 14. The van der Waals surface area contributed by atoms with Crippen LogP contribution in [0.3, 0.4) is 0 Å². The molecule has 0 fully saturated rings. The van der Waals surface area contributed by atoms with E-state index in [0.29, 0.717) is 5.92 Å². The van der Waals surface area contributed by atoms with Crippen molar-refractivity contribution in [1.82, 2.24) is 0 Å². The first-order valence-electron chi connectivity index (χ1n) is 9.63. The number of carboxylic acids is 1. The molecule has 0 saturated carbocycles. The van der Waals surface area contributed by atoms with Gasteiger partial charge in [-0.05, 0) is 42.9 Å². The molecule has 0 amide bonds. The molecule has 148 valence electrons. The predicted molar refractivity (Wildman–Crippen MR) is 103 cm³/mol. The molecular formula is C20H32O5S. The number of carboxylic acid groups (broad SMARTS) is 1. The fraction of sp³-hybridized carbons (Fsp3) is 0.650. The molecule has 26 heavy (non-hydrogen) atoms. The van der Waals surface area contributed by atoms with Gasteiger partial charge in [0.15, 0.2) is 0 Å². The Morgan fingerprint density at radius 3 is 1.96 bits per heavy atom. The van der Waals surface area contributed by atoms with Gasteiger partial charge < -0.3 is 5.11 Å². The molecule has 5 nitrogen and oxygen atoms in total. The van der Waals surface area contributed by atoms with Crippen molar-refractivity contribution in [3.05, 3.63) is 29.8 Å². The average molecular weight is 385 g/mol. The zero-order valence-corrected chi connectivity index (χ0v) is 16.5. The Bertz CT molecular complexity index is 622. The lowest BCUT2D eigenvalue weighted by Crippen LogP contribution is -2.02. The lowest BCUT2D eigenvalue weighted by atomic mass is 9.89. The summed E-state index contributed by atoms with van der Waals surface area (Å²) < 4.78 is 31.3. The summed E-state index contributed by atoms with van der Waals surface area (Å²) >= 11 is 0. The molecule has 1 atom stereocenters. The summed E-state index contributed by atoms with van der Waals surface area (Å²) in [5.74, 6) is -0.289. The van der Waals surface area contributed by atoms with Crippen molar-refractivity contribution in [1.29, 1.82) is 0 Å². The van der Waals surface area contributed by atoms with Crippen LogP contribution in [0, 0.1) is 0 Å². The average Bonchev–Trinajstić information content (AvgIpc) is 2.58. The standard InChI is InChI=1S/C20H32O5S/c1-2-10-17(18-13-15-19(16-14-18)26(23,24)25)11-8-6-4-3-5-7-9-12-20(21)22/h13-17H,2-12H2,1H3,(H,21,22)(H,23,24,25). The topological polar surface area (TPSA) is 91.7 Å². The lowest BCUT2D eigenvalue weighted by Gasteiger charge is -2.17. The molecule has 0 aliphatic rings. The van der Waals surface area contributed by atoms with Crippen LogP contribution in [-0.2, 0) is 14.9 Å². The van der Waals surface area contributed by atoms with Crippen LogP contribution in [0.25, 0.3) is 0 Å². The second-order valence-electron chi connectivity index (χ2n) is 6.94. The largest absolute Gasteiger partial charge is 0.481 e. The smallest absolute Gasteiger partial charge is 0.303 e. The van der Waals surface area contributed by atoms with Crippen LogP contribution in [0.2, 0.25) is 0 Å². The third-order valence-corrected chi connectivity index (χ3v) is 5.60. The number of hydrogen-bond donors (Lipinski definition) is 2. The van der Waals surface area contributed by atoms with Crippen LogP contribution >= 0.6 is 0 Å². The molecule has 1 aromatic carbocycles. The fourth-order valence-corrected chi connectivity index (χ4v) is 3.77. The molecule has 1 aromatic rings. The van der Waals surface area contributed by atoms with Crippen molar-refractivity contribution in [3.63, 3.8) is 0 Å². The summed E-state index contributed by atoms with van der Waals surface area (Å²) in [4.78, 5) is 10.4. The van der Waals surface area contributed by atoms with Crippen LogP contribution in [0.15, 0.2) is 29.2 Å². The molecule has 0 aliphatic carbocycles. The van der Waals surface area contributed by atoms with Gasteiger partial charge in [-0.3, -0.25) is 9.35 Å². The quantitative estimate of drug-likeness (QED) is 0.330. The minimum absolute atomic E-state index is 0.0561. The number of benzene rings is 1. The van der Waals surface area contributed by atoms with Crippen molar-refractivity contribution in [2.45, 2.75) is 88.4 Å². The van der Waals surface area contributed by atoms with Gasteiger partial charge in [0.1, 0.15) is 0 Å². The van der Waals surface area contributed by atoms with Gasteiger partial charge in [0, 0.05) is 6.42 Å². The molecule has 1 unspecified atom stereocenters. The van der Waals surface area contributed by atoms with Crippen molar-refractivity contribution in [2.24, 2.45) is 0 Å². The van der Waals surface area contributed by atoms with E-state index in [1.54, 1.807) is 0 Å². The highest BCUT2D eigenvalue weighted by Crippen LogP contribution is 2.28. The highest BCUT2D eigenvalue weighted by atomic mass is 32.2. The maximum Gasteiger partial charge on any atom is 0.303 e. The van der Waals surface area contributed by atoms with Crippen LogP contribution in [-0.4, -0.2) is 24.0 Å². The summed E-state index contributed by atoms with van der Waals surface area (Å²) in [6.45, 7) is 2.15. The maximum atomic E-state index is 11.1. The van der Waals surface area contributed by atoms with Crippen molar-refractivity contribution in [2.75, 3.05) is 0 Å². The van der Waals surface area contributed by atoms with Gasteiger partial charge >= 0.3 is 5.97 Å². The van der Waals surface area contributed by atoms with E-state index in [2.05, 4.69) is 6.92 Å². The summed E-state index contributed by atoms with van der Waals surface area (Å²) in [5, 5.41) is 8.59. The first-order chi connectivity index (χ1) is 12.3. The van der Waals surface area contributed by atoms with Gasteiger partial charge in [-0.2, -0.15) is 8.42 Å². The fourth-order valence-electron chi connectivity index (χ4n) is 3.29. The van der Waals surface area contributed by atoms with E-state index in [1.807, 2.05) is 12.1 Å². The van der Waals surface area contributed by atoms with Crippen LogP contribution in [0.4, 0.5) is 0 Å². The molecule has 0 heterocycles. The zero-order valence-electron chi connectivity index (χ0n) is 15.7. The third kappa shape index (κ3) is 9.34. The molecule has 2 N–H and O–H groups in total. The van der Waals surface area contributed by atoms with E-state index in [9.17, 15) is 13.2 Å². The van der Waals surface area contributed by atoms with Crippen LogP contribution < -0.4 is 0 Å². The van der Waals surface area contributed by atoms with E-state index in [1.165, 1.54) is 25.0 Å². The normalized spacial score (nSPS) is 12.8. The molecule has 0 bridgehead atoms. The second kappa shape index (κ2) is 12.1. The Morgan fingerprint density at radius 1 is 0.923 bits per heavy atom. The van der Waals surface area contributed by atoms with Gasteiger partial charge in [-0.25, -0.2) is 0 Å². The molecule has 1 rings (SSSR count). The number of unbranched alkanes of at least 4 members (excludes halogenated alkanes) is 6. The predicted octanol–water partition coefficient (Wildman–Crippen LogP) is 5.41. The van der Waals surface area contributed by atoms with Gasteiger partial charge in [-0.1, -0.05) is 64.0 Å². The SMILES string of the molecule is CCCC(CCCCCCCCCC(=O)O)c1ccc(S(=O)(=O)O)cc1. The Labute approximate surface area is 157 Å². The van der Waals surface area contributed by atoms with Crippen molar-refractivity contribution < 1.29 is 22.9 Å². The van der Waals surface area contributed by atoms with Crippen molar-refractivity contribution in [3.8, 4) is 0 Å².